The van der Waals surface area contributed by atoms with E-state index in [4.69, 9.17) is 0 Å². The fourth-order valence-electron chi connectivity index (χ4n) is 3.55. The first kappa shape index (κ1) is 15.6. The lowest BCUT2D eigenvalue weighted by molar-refractivity contribution is -0.152. The van der Waals surface area contributed by atoms with Gasteiger partial charge in [-0.15, -0.1) is 0 Å². The molecule has 23 heavy (non-hydrogen) atoms. The molecule has 4 unspecified atom stereocenters. The molecule has 1 aromatic carbocycles. The topological polar surface area (TPSA) is 98.1 Å². The fraction of sp³-hybridized carbons (Fsp3) is 0.412. The minimum atomic E-state index is -0.861. The third-order valence-corrected chi connectivity index (χ3v) is 4.76. The maximum atomic E-state index is 12.4. The summed E-state index contributed by atoms with van der Waals surface area (Å²) in [5.74, 6) is -1.14. The summed E-state index contributed by atoms with van der Waals surface area (Å²) in [4.78, 5) is 25.6. The lowest BCUT2D eigenvalue weighted by Crippen LogP contribution is -2.59. The number of piperidine rings is 3. The molecule has 3 N–H and O–H groups in total. The summed E-state index contributed by atoms with van der Waals surface area (Å²) >= 11 is 0. The van der Waals surface area contributed by atoms with Gasteiger partial charge in [-0.05, 0) is 49.0 Å². The number of hydrogen-bond donors (Lipinski definition) is 3. The van der Waals surface area contributed by atoms with Gasteiger partial charge in [-0.25, -0.2) is 0 Å². The molecule has 0 aliphatic carbocycles. The van der Waals surface area contributed by atoms with E-state index in [0.29, 0.717) is 30.9 Å². The summed E-state index contributed by atoms with van der Waals surface area (Å²) in [6.45, 7) is 0.645. The summed E-state index contributed by atoms with van der Waals surface area (Å²) in [5.41, 5.74) is 0.597. The number of phenols is 2. The van der Waals surface area contributed by atoms with E-state index in [0.717, 1.165) is 6.42 Å². The highest BCUT2D eigenvalue weighted by Crippen LogP contribution is 2.36. The molecule has 6 nitrogen and oxygen atoms in total. The van der Waals surface area contributed by atoms with Crippen LogP contribution in [0.2, 0.25) is 0 Å². The number of aliphatic carboxylic acids is 1. The molecule has 3 aliphatic heterocycles. The van der Waals surface area contributed by atoms with E-state index in [1.165, 1.54) is 18.2 Å². The molecule has 2 bridgehead atoms. The Morgan fingerprint density at radius 2 is 1.87 bits per heavy atom. The molecule has 0 saturated carbocycles. The average Bonchev–Trinajstić information content (AvgIpc) is 2.55. The van der Waals surface area contributed by atoms with Gasteiger partial charge in [0, 0.05) is 6.54 Å². The van der Waals surface area contributed by atoms with Crippen LogP contribution in [0.1, 0.15) is 24.8 Å². The molecule has 3 saturated heterocycles. The zero-order valence-electron chi connectivity index (χ0n) is 12.6. The normalized spacial score (nSPS) is 29.7. The molecule has 3 fully saturated rings. The third kappa shape index (κ3) is 3.07. The van der Waals surface area contributed by atoms with Gasteiger partial charge in [0.05, 0.1) is 6.04 Å². The van der Waals surface area contributed by atoms with Crippen LogP contribution in [0.15, 0.2) is 24.3 Å². The molecule has 4 rings (SSSR count). The number of phenolic OH excluding ortho intramolecular Hbond substituents is 2. The molecule has 3 aliphatic rings. The van der Waals surface area contributed by atoms with Crippen molar-refractivity contribution in [3.63, 3.8) is 0 Å². The second kappa shape index (κ2) is 6.04. The van der Waals surface area contributed by atoms with Gasteiger partial charge in [-0.2, -0.15) is 0 Å². The Labute approximate surface area is 133 Å². The third-order valence-electron chi connectivity index (χ3n) is 4.76. The first-order valence-electron chi connectivity index (χ1n) is 7.68. The number of benzene rings is 1. The van der Waals surface area contributed by atoms with Crippen LogP contribution in [0.4, 0.5) is 0 Å². The maximum Gasteiger partial charge on any atom is 0.320 e. The Kier molecular flexibility index (Phi) is 4.09. The molecular formula is C17H19NO5. The molecular weight excluding hydrogens is 298 g/mol. The summed E-state index contributed by atoms with van der Waals surface area (Å²) in [6.07, 6.45) is 5.27. The van der Waals surface area contributed by atoms with Gasteiger partial charge in [0.15, 0.2) is 17.3 Å². The largest absolute Gasteiger partial charge is 0.504 e. The summed E-state index contributed by atoms with van der Waals surface area (Å²) in [7, 11) is 0. The summed E-state index contributed by atoms with van der Waals surface area (Å²) in [5, 5.41) is 28.0. The van der Waals surface area contributed by atoms with Gasteiger partial charge >= 0.3 is 5.97 Å². The molecule has 0 amide bonds. The monoisotopic (exact) mass is 317 g/mol. The van der Waals surface area contributed by atoms with E-state index in [1.54, 1.807) is 17.0 Å². The van der Waals surface area contributed by atoms with Crippen molar-refractivity contribution < 1.29 is 24.9 Å². The van der Waals surface area contributed by atoms with Crippen LogP contribution in [-0.4, -0.2) is 50.6 Å². The fourth-order valence-corrected chi connectivity index (χ4v) is 3.55. The van der Waals surface area contributed by atoms with E-state index >= 15 is 0 Å². The Morgan fingerprint density at radius 3 is 2.52 bits per heavy atom. The van der Waals surface area contributed by atoms with Gasteiger partial charge < -0.3 is 15.3 Å². The van der Waals surface area contributed by atoms with Gasteiger partial charge in [0.25, 0.3) is 0 Å². The van der Waals surface area contributed by atoms with E-state index in [1.807, 2.05) is 0 Å². The molecule has 6 heteroatoms. The zero-order chi connectivity index (χ0) is 16.6. The van der Waals surface area contributed by atoms with Crippen molar-refractivity contribution in [3.05, 3.63) is 29.8 Å². The first-order chi connectivity index (χ1) is 11.0. The number of nitrogens with zero attached hydrogens (tertiary/aromatic N) is 1. The van der Waals surface area contributed by atoms with Crippen molar-refractivity contribution in [3.8, 4) is 11.5 Å². The Balaban J connectivity index is 1.74. The number of rotatable bonds is 4. The van der Waals surface area contributed by atoms with Gasteiger partial charge in [-0.1, -0.05) is 12.1 Å². The standard InChI is InChI=1S/C17H19NO5/c19-14(3-1-10-2-4-15(20)16(21)9-10)12-7-11-5-6-18(12)13(8-11)17(22)23/h1-4,9,11-13,20-21H,5-8H2,(H,22,23)/b3-1+. The number of carbonyl (C=O) groups is 2. The maximum absolute atomic E-state index is 12.4. The van der Waals surface area contributed by atoms with E-state index in [-0.39, 0.29) is 23.3 Å². The van der Waals surface area contributed by atoms with Crippen LogP contribution < -0.4 is 0 Å². The highest BCUT2D eigenvalue weighted by molar-refractivity contribution is 5.98. The van der Waals surface area contributed by atoms with Crippen LogP contribution in [-0.2, 0) is 9.59 Å². The Morgan fingerprint density at radius 1 is 1.13 bits per heavy atom. The zero-order valence-corrected chi connectivity index (χ0v) is 12.6. The molecule has 3 heterocycles. The van der Waals surface area contributed by atoms with Crippen LogP contribution in [0.25, 0.3) is 6.08 Å². The first-order valence-corrected chi connectivity index (χ1v) is 7.68. The van der Waals surface area contributed by atoms with Crippen molar-refractivity contribution in [1.82, 2.24) is 4.90 Å². The van der Waals surface area contributed by atoms with Crippen LogP contribution in [0.3, 0.4) is 0 Å². The van der Waals surface area contributed by atoms with Crippen molar-refractivity contribution in [2.24, 2.45) is 5.92 Å². The molecule has 0 aromatic heterocycles. The van der Waals surface area contributed by atoms with Gasteiger partial charge in [0.2, 0.25) is 0 Å². The number of aromatic hydroxyl groups is 2. The Hall–Kier alpha value is -2.34. The summed E-state index contributed by atoms with van der Waals surface area (Å²) in [6, 6.07) is 3.36. The lowest BCUT2D eigenvalue weighted by atomic mass is 9.77. The van der Waals surface area contributed by atoms with Gasteiger partial charge in [0.1, 0.15) is 6.04 Å². The lowest BCUT2D eigenvalue weighted by Gasteiger charge is -2.47. The highest BCUT2D eigenvalue weighted by Gasteiger charge is 2.45. The van der Waals surface area contributed by atoms with Crippen molar-refractivity contribution in [1.29, 1.82) is 0 Å². The van der Waals surface area contributed by atoms with E-state index in [2.05, 4.69) is 0 Å². The second-order valence-electron chi connectivity index (χ2n) is 6.22. The minimum Gasteiger partial charge on any atom is -0.504 e. The predicted molar refractivity (Wildman–Crippen MR) is 83.1 cm³/mol. The number of carboxylic acid groups (broad SMARTS) is 1. The average molecular weight is 317 g/mol. The smallest absolute Gasteiger partial charge is 0.320 e. The minimum absolute atomic E-state index is 0.117. The quantitative estimate of drug-likeness (QED) is 0.576. The van der Waals surface area contributed by atoms with E-state index in [9.17, 15) is 24.9 Å². The second-order valence-corrected chi connectivity index (χ2v) is 6.22. The van der Waals surface area contributed by atoms with E-state index < -0.39 is 12.0 Å². The highest BCUT2D eigenvalue weighted by atomic mass is 16.4. The molecule has 1 aromatic rings. The van der Waals surface area contributed by atoms with Crippen molar-refractivity contribution >= 4 is 17.8 Å². The van der Waals surface area contributed by atoms with Crippen molar-refractivity contribution in [2.45, 2.75) is 31.3 Å². The number of hydrogen-bond acceptors (Lipinski definition) is 5. The van der Waals surface area contributed by atoms with Crippen LogP contribution >= 0.6 is 0 Å². The van der Waals surface area contributed by atoms with Crippen molar-refractivity contribution in [2.75, 3.05) is 6.54 Å². The van der Waals surface area contributed by atoms with Crippen LogP contribution in [0.5, 0.6) is 11.5 Å². The number of ketones is 1. The van der Waals surface area contributed by atoms with Crippen LogP contribution in [0, 0.1) is 5.92 Å². The molecule has 122 valence electrons. The SMILES string of the molecule is O=C(O)C1CC2CCN1C(C(=O)/C=C/c1ccc(O)c(O)c1)C2. The number of carboxylic acids is 1. The Bertz CT molecular complexity index is 669. The number of carbonyl (C=O) groups excluding carboxylic acids is 1. The van der Waals surface area contributed by atoms with Gasteiger partial charge in [-0.3, -0.25) is 14.5 Å². The number of fused-ring (bicyclic) bond motifs is 3. The predicted octanol–water partition coefficient (Wildman–Crippen LogP) is 1.62. The molecule has 0 radical (unpaired) electrons. The molecule has 0 spiro atoms. The molecule has 4 atom stereocenters. The summed E-state index contributed by atoms with van der Waals surface area (Å²) < 4.78 is 0.